The van der Waals surface area contributed by atoms with Crippen LogP contribution in [0, 0.1) is 29.9 Å². The Kier molecular flexibility index (Phi) is 5.38. The molecule has 0 saturated carbocycles. The van der Waals surface area contributed by atoms with Crippen LogP contribution in [0.4, 0.5) is 8.78 Å². The van der Waals surface area contributed by atoms with Crippen LogP contribution in [0.5, 0.6) is 5.88 Å². The first-order valence-corrected chi connectivity index (χ1v) is 9.73. The van der Waals surface area contributed by atoms with Crippen LogP contribution in [0.25, 0.3) is 17.1 Å². The molecule has 31 heavy (non-hydrogen) atoms. The Labute approximate surface area is 177 Å². The van der Waals surface area contributed by atoms with Gasteiger partial charge in [-0.2, -0.15) is 5.26 Å². The molecule has 1 aliphatic rings. The number of carbonyl (C=O) groups is 1. The van der Waals surface area contributed by atoms with Crippen LogP contribution >= 0.6 is 0 Å². The zero-order valence-electron chi connectivity index (χ0n) is 17.0. The van der Waals surface area contributed by atoms with Crippen molar-refractivity contribution in [3.05, 3.63) is 59.0 Å². The van der Waals surface area contributed by atoms with Gasteiger partial charge in [0.05, 0.1) is 30.3 Å². The lowest BCUT2D eigenvalue weighted by molar-refractivity contribution is 0.0787. The molecule has 1 aromatic carbocycles. The molecular weight excluding hydrogens is 404 g/mol. The lowest BCUT2D eigenvalue weighted by atomic mass is 10.1. The van der Waals surface area contributed by atoms with Crippen molar-refractivity contribution < 1.29 is 18.3 Å². The normalized spacial score (nSPS) is 13.3. The average molecular weight is 423 g/mol. The molecule has 0 aliphatic carbocycles. The van der Waals surface area contributed by atoms with Gasteiger partial charge in [-0.1, -0.05) is 0 Å². The van der Waals surface area contributed by atoms with E-state index < -0.39 is 11.6 Å². The van der Waals surface area contributed by atoms with Gasteiger partial charge in [-0.15, -0.1) is 0 Å². The molecule has 1 aliphatic heterocycles. The molecule has 2 aromatic heterocycles. The summed E-state index contributed by atoms with van der Waals surface area (Å²) in [6, 6.07) is 7.05. The highest BCUT2D eigenvalue weighted by Gasteiger charge is 2.27. The summed E-state index contributed by atoms with van der Waals surface area (Å²) in [5.74, 6) is -1.54. The zero-order chi connectivity index (χ0) is 22.1. The van der Waals surface area contributed by atoms with Crippen molar-refractivity contribution in [3.63, 3.8) is 0 Å². The third kappa shape index (κ3) is 3.61. The second-order valence-electron chi connectivity index (χ2n) is 7.20. The summed E-state index contributed by atoms with van der Waals surface area (Å²) in [5.41, 5.74) is 1.23. The summed E-state index contributed by atoms with van der Waals surface area (Å²) in [6.45, 7) is 2.98. The predicted molar refractivity (Wildman–Crippen MR) is 108 cm³/mol. The van der Waals surface area contributed by atoms with Gasteiger partial charge < -0.3 is 9.64 Å². The topological polar surface area (TPSA) is 84.0 Å². The quantitative estimate of drug-likeness (QED) is 0.640. The van der Waals surface area contributed by atoms with Gasteiger partial charge in [-0.25, -0.2) is 18.7 Å². The summed E-state index contributed by atoms with van der Waals surface area (Å²) in [7, 11) is 1.31. The first-order valence-electron chi connectivity index (χ1n) is 9.73. The molecule has 0 spiro atoms. The molecule has 3 aromatic rings. The summed E-state index contributed by atoms with van der Waals surface area (Å²) >= 11 is 0. The highest BCUT2D eigenvalue weighted by Crippen LogP contribution is 2.30. The number of carbonyl (C=O) groups excluding carboxylic acids is 1. The SMILES string of the molecule is COc1ncc(-n2c(-c3ccc(C#N)c(F)c3)nc(C(=O)N3CCCC3)c2C)cc1F. The van der Waals surface area contributed by atoms with Crippen LogP contribution in [0.3, 0.4) is 0 Å². The number of methoxy groups -OCH3 is 1. The van der Waals surface area contributed by atoms with Crippen molar-refractivity contribution in [1.29, 1.82) is 5.26 Å². The number of ether oxygens (including phenoxy) is 1. The molecule has 0 N–H and O–H groups in total. The Hall–Kier alpha value is -3.80. The second-order valence-corrected chi connectivity index (χ2v) is 7.20. The Morgan fingerprint density at radius 1 is 1.19 bits per heavy atom. The standard InChI is InChI=1S/C22H19F2N5O2/c1-13-19(22(30)28-7-3-4-8-28)27-20(14-5-6-15(11-25)17(23)9-14)29(13)16-10-18(24)21(31-2)26-12-16/h5-6,9-10,12H,3-4,7-8H2,1-2H3. The number of nitriles is 1. The summed E-state index contributed by atoms with van der Waals surface area (Å²) in [4.78, 5) is 23.2. The van der Waals surface area contributed by atoms with Crippen molar-refractivity contribution in [2.24, 2.45) is 0 Å². The Bertz CT molecular complexity index is 1210. The van der Waals surface area contributed by atoms with Crippen molar-refractivity contribution >= 4 is 5.91 Å². The van der Waals surface area contributed by atoms with E-state index in [2.05, 4.69) is 9.97 Å². The van der Waals surface area contributed by atoms with Crippen LogP contribution in [0.1, 0.15) is 34.6 Å². The fourth-order valence-corrected chi connectivity index (χ4v) is 3.72. The van der Waals surface area contributed by atoms with Gasteiger partial charge in [0.1, 0.15) is 23.4 Å². The van der Waals surface area contributed by atoms with Crippen LogP contribution < -0.4 is 4.74 Å². The van der Waals surface area contributed by atoms with E-state index >= 15 is 0 Å². The van der Waals surface area contributed by atoms with Crippen molar-refractivity contribution in [3.8, 4) is 29.0 Å². The molecule has 7 nitrogen and oxygen atoms in total. The molecule has 0 unspecified atom stereocenters. The molecule has 0 bridgehead atoms. The molecule has 1 fully saturated rings. The summed E-state index contributed by atoms with van der Waals surface area (Å²) in [5, 5.41) is 9.01. The number of benzene rings is 1. The number of nitrogens with zero attached hydrogens (tertiary/aromatic N) is 5. The largest absolute Gasteiger partial charge is 0.479 e. The molecule has 1 amide bonds. The van der Waals surface area contributed by atoms with Crippen LogP contribution in [0.2, 0.25) is 0 Å². The average Bonchev–Trinajstić information content (AvgIpc) is 3.41. The molecular formula is C22H19F2N5O2. The van der Waals surface area contributed by atoms with E-state index in [1.807, 2.05) is 0 Å². The number of halogens is 2. The van der Waals surface area contributed by atoms with E-state index in [9.17, 15) is 13.6 Å². The van der Waals surface area contributed by atoms with Crippen LogP contribution in [-0.4, -0.2) is 45.5 Å². The fraction of sp³-hybridized carbons (Fsp3) is 0.273. The smallest absolute Gasteiger partial charge is 0.274 e. The van der Waals surface area contributed by atoms with Crippen LogP contribution in [0.15, 0.2) is 30.5 Å². The number of hydrogen-bond donors (Lipinski definition) is 0. The van der Waals surface area contributed by atoms with Gasteiger partial charge in [-0.3, -0.25) is 9.36 Å². The van der Waals surface area contributed by atoms with Crippen molar-refractivity contribution in [2.75, 3.05) is 20.2 Å². The molecule has 9 heteroatoms. The Balaban J connectivity index is 1.91. The number of aromatic nitrogens is 3. The number of likely N-dealkylation sites (tertiary alicyclic amines) is 1. The molecule has 1 saturated heterocycles. The number of hydrogen-bond acceptors (Lipinski definition) is 5. The van der Waals surface area contributed by atoms with E-state index in [0.717, 1.165) is 12.8 Å². The summed E-state index contributed by atoms with van der Waals surface area (Å²) in [6.07, 6.45) is 3.24. The fourth-order valence-electron chi connectivity index (χ4n) is 3.72. The minimum Gasteiger partial charge on any atom is -0.479 e. The highest BCUT2D eigenvalue weighted by atomic mass is 19.1. The van der Waals surface area contributed by atoms with Gasteiger partial charge in [-0.05, 0) is 38.0 Å². The molecule has 0 radical (unpaired) electrons. The summed E-state index contributed by atoms with van der Waals surface area (Å²) < 4.78 is 35.1. The van der Waals surface area contributed by atoms with Gasteiger partial charge in [0, 0.05) is 24.7 Å². The van der Waals surface area contributed by atoms with Crippen molar-refractivity contribution in [1.82, 2.24) is 19.4 Å². The first-order chi connectivity index (χ1) is 14.9. The van der Waals surface area contributed by atoms with E-state index in [4.69, 9.17) is 10.00 Å². The molecule has 158 valence electrons. The number of amides is 1. The highest BCUT2D eigenvalue weighted by molar-refractivity contribution is 5.94. The minimum absolute atomic E-state index is 0.107. The van der Waals surface area contributed by atoms with E-state index in [-0.39, 0.29) is 28.9 Å². The molecule has 0 atom stereocenters. The zero-order valence-corrected chi connectivity index (χ0v) is 17.0. The molecule has 4 rings (SSSR count). The van der Waals surface area contributed by atoms with E-state index in [1.165, 1.54) is 37.6 Å². The van der Waals surface area contributed by atoms with Crippen molar-refractivity contribution in [2.45, 2.75) is 19.8 Å². The third-order valence-corrected chi connectivity index (χ3v) is 5.30. The van der Waals surface area contributed by atoms with Gasteiger partial charge in [0.25, 0.3) is 5.91 Å². The minimum atomic E-state index is -0.710. The number of pyridine rings is 1. The third-order valence-electron chi connectivity index (χ3n) is 5.30. The second kappa shape index (κ2) is 8.14. The van der Waals surface area contributed by atoms with E-state index in [1.54, 1.807) is 22.5 Å². The molecule has 3 heterocycles. The van der Waals surface area contributed by atoms with Crippen LogP contribution in [-0.2, 0) is 0 Å². The maximum Gasteiger partial charge on any atom is 0.274 e. The lowest BCUT2D eigenvalue weighted by Crippen LogP contribution is -2.28. The first kappa shape index (κ1) is 20.5. The Morgan fingerprint density at radius 2 is 1.94 bits per heavy atom. The van der Waals surface area contributed by atoms with Gasteiger partial charge in [0.15, 0.2) is 5.82 Å². The van der Waals surface area contributed by atoms with Gasteiger partial charge in [0.2, 0.25) is 5.88 Å². The van der Waals surface area contributed by atoms with Gasteiger partial charge >= 0.3 is 0 Å². The number of rotatable bonds is 4. The number of imidazole rings is 1. The maximum atomic E-state index is 14.4. The monoisotopic (exact) mass is 423 g/mol. The lowest BCUT2D eigenvalue weighted by Gasteiger charge is -2.14. The maximum absolute atomic E-state index is 14.4. The predicted octanol–water partition coefficient (Wildman–Crippen LogP) is 3.64. The Morgan fingerprint density at radius 3 is 2.55 bits per heavy atom. The van der Waals surface area contributed by atoms with E-state index in [0.29, 0.717) is 30.0 Å².